The van der Waals surface area contributed by atoms with Gasteiger partial charge < -0.3 is 5.11 Å². The van der Waals surface area contributed by atoms with Crippen molar-refractivity contribution in [1.82, 2.24) is 24.5 Å². The monoisotopic (exact) mass is 379 g/mol. The van der Waals surface area contributed by atoms with Crippen LogP contribution in [0.2, 0.25) is 0 Å². The van der Waals surface area contributed by atoms with E-state index in [1.165, 1.54) is 18.5 Å². The van der Waals surface area contributed by atoms with Crippen molar-refractivity contribution in [1.29, 1.82) is 0 Å². The first kappa shape index (κ1) is 18.9. The lowest BCUT2D eigenvalue weighted by Gasteiger charge is -2.33. The molecule has 9 heteroatoms. The molecule has 2 heterocycles. The lowest BCUT2D eigenvalue weighted by Crippen LogP contribution is -2.46. The topological polar surface area (TPSA) is 110 Å². The van der Waals surface area contributed by atoms with Crippen LogP contribution in [0.15, 0.2) is 29.4 Å². The molecule has 26 heavy (non-hydrogen) atoms. The molecular weight excluding hydrogens is 354 g/mol. The summed E-state index contributed by atoms with van der Waals surface area (Å²) in [6.07, 6.45) is 3.82. The quantitative estimate of drug-likeness (QED) is 0.815. The summed E-state index contributed by atoms with van der Waals surface area (Å²) in [4.78, 5) is 8.50. The lowest BCUT2D eigenvalue weighted by atomic mass is 9.83. The minimum atomic E-state index is -3.74. The van der Waals surface area contributed by atoms with Crippen LogP contribution in [0, 0.1) is 6.92 Å². The highest BCUT2D eigenvalue weighted by Crippen LogP contribution is 2.33. The fraction of sp³-hybridized carbons (Fsp3) is 0.588. The normalized spacial score (nSPS) is 24.1. The van der Waals surface area contributed by atoms with Gasteiger partial charge in [0.25, 0.3) is 0 Å². The molecule has 2 N–H and O–H groups in total. The van der Waals surface area contributed by atoms with Gasteiger partial charge in [-0.2, -0.15) is 5.10 Å². The second-order valence-corrected chi connectivity index (χ2v) is 8.76. The van der Waals surface area contributed by atoms with Crippen LogP contribution in [0.1, 0.15) is 56.7 Å². The number of aliphatic hydroxyl groups excluding tert-OH is 1. The fourth-order valence-electron chi connectivity index (χ4n) is 3.39. The van der Waals surface area contributed by atoms with Crippen LogP contribution in [0.5, 0.6) is 0 Å². The first-order valence-electron chi connectivity index (χ1n) is 8.81. The van der Waals surface area contributed by atoms with Crippen molar-refractivity contribution < 1.29 is 13.5 Å². The zero-order valence-corrected chi connectivity index (χ0v) is 16.0. The molecule has 0 bridgehead atoms. The number of nitrogens with zero attached hydrogens (tertiary/aromatic N) is 4. The maximum Gasteiger partial charge on any atom is 0.242 e. The summed E-state index contributed by atoms with van der Waals surface area (Å²) >= 11 is 0. The van der Waals surface area contributed by atoms with Crippen LogP contribution < -0.4 is 4.72 Å². The molecule has 0 spiro atoms. The molecule has 2 aromatic rings. The van der Waals surface area contributed by atoms with Crippen molar-refractivity contribution in [2.75, 3.05) is 0 Å². The van der Waals surface area contributed by atoms with E-state index in [0.717, 1.165) is 12.2 Å². The zero-order valence-electron chi connectivity index (χ0n) is 15.2. The number of sulfonamides is 1. The molecule has 3 rings (SSSR count). The third-order valence-corrected chi connectivity index (χ3v) is 6.16. The summed E-state index contributed by atoms with van der Waals surface area (Å²) in [5, 5.41) is 14.8. The molecular formula is C17H25N5O3S. The minimum absolute atomic E-state index is 0.0450. The van der Waals surface area contributed by atoms with Crippen LogP contribution in [0.3, 0.4) is 0 Å². The maximum absolute atomic E-state index is 12.6. The first-order valence-corrected chi connectivity index (χ1v) is 10.3. The van der Waals surface area contributed by atoms with Gasteiger partial charge >= 0.3 is 0 Å². The van der Waals surface area contributed by atoms with Gasteiger partial charge in [0.15, 0.2) is 0 Å². The van der Waals surface area contributed by atoms with E-state index in [9.17, 15) is 13.5 Å². The van der Waals surface area contributed by atoms with E-state index in [1.54, 1.807) is 6.07 Å². The lowest BCUT2D eigenvalue weighted by molar-refractivity contribution is 0.0912. The number of nitrogens with one attached hydrogen (secondary N) is 1. The van der Waals surface area contributed by atoms with Crippen molar-refractivity contribution in [3.8, 4) is 0 Å². The van der Waals surface area contributed by atoms with E-state index < -0.39 is 22.2 Å². The second-order valence-electron chi connectivity index (χ2n) is 7.05. The first-order chi connectivity index (χ1) is 12.3. The Morgan fingerprint density at radius 2 is 2.12 bits per heavy atom. The van der Waals surface area contributed by atoms with Gasteiger partial charge in [-0.1, -0.05) is 0 Å². The minimum Gasteiger partial charge on any atom is -0.391 e. The van der Waals surface area contributed by atoms with Crippen LogP contribution in [0.4, 0.5) is 0 Å². The molecule has 0 amide bonds. The molecule has 0 radical (unpaired) electrons. The number of hydrogen-bond acceptors (Lipinski definition) is 6. The summed E-state index contributed by atoms with van der Waals surface area (Å²) in [5.74, 6) is 1.60. The highest BCUT2D eigenvalue weighted by atomic mass is 32.2. The summed E-state index contributed by atoms with van der Waals surface area (Å²) < 4.78 is 29.7. The molecule has 0 aliphatic heterocycles. The van der Waals surface area contributed by atoms with Gasteiger partial charge in [-0.05, 0) is 52.2 Å². The highest BCUT2D eigenvalue weighted by Gasteiger charge is 2.35. The van der Waals surface area contributed by atoms with Crippen LogP contribution in [-0.4, -0.2) is 45.4 Å². The Hall–Kier alpha value is -1.84. The number of rotatable bonds is 5. The second kappa shape index (κ2) is 7.42. The van der Waals surface area contributed by atoms with Crippen molar-refractivity contribution in [3.05, 3.63) is 36.2 Å². The van der Waals surface area contributed by atoms with Gasteiger partial charge in [-0.3, -0.25) is 4.98 Å². The number of aliphatic hydroxyl groups is 1. The average molecular weight is 379 g/mol. The SMILES string of the molecule is Cc1nc([C@H]2CC[C@@H](O)[C@H](NS(=O)(=O)c3cccnc3)C2)n(C(C)C)n1. The molecule has 1 fully saturated rings. The Morgan fingerprint density at radius 1 is 1.35 bits per heavy atom. The van der Waals surface area contributed by atoms with Gasteiger partial charge in [0.05, 0.1) is 6.10 Å². The van der Waals surface area contributed by atoms with Crippen LogP contribution in [-0.2, 0) is 10.0 Å². The fourth-order valence-corrected chi connectivity index (χ4v) is 4.64. The van der Waals surface area contributed by atoms with Gasteiger partial charge in [-0.15, -0.1) is 0 Å². The van der Waals surface area contributed by atoms with Crippen molar-refractivity contribution in [2.24, 2.45) is 0 Å². The van der Waals surface area contributed by atoms with Gasteiger partial charge in [0, 0.05) is 30.4 Å². The Balaban J connectivity index is 1.81. The molecule has 1 aliphatic carbocycles. The van der Waals surface area contributed by atoms with Gasteiger partial charge in [0.2, 0.25) is 10.0 Å². The molecule has 0 aromatic carbocycles. The average Bonchev–Trinajstić information content (AvgIpc) is 3.00. The highest BCUT2D eigenvalue weighted by molar-refractivity contribution is 7.89. The molecule has 2 aromatic heterocycles. The van der Waals surface area contributed by atoms with E-state index in [1.807, 2.05) is 25.5 Å². The Labute approximate surface area is 153 Å². The Kier molecular flexibility index (Phi) is 5.40. The molecule has 3 atom stereocenters. The molecule has 8 nitrogen and oxygen atoms in total. The van der Waals surface area contributed by atoms with Crippen LogP contribution in [0.25, 0.3) is 0 Å². The molecule has 0 unspecified atom stereocenters. The van der Waals surface area contributed by atoms with E-state index in [0.29, 0.717) is 18.7 Å². The largest absolute Gasteiger partial charge is 0.391 e. The Bertz CT molecular complexity index is 851. The third-order valence-electron chi connectivity index (χ3n) is 4.68. The number of aromatic nitrogens is 4. The van der Waals surface area contributed by atoms with E-state index >= 15 is 0 Å². The van der Waals surface area contributed by atoms with E-state index in [2.05, 4.69) is 19.8 Å². The van der Waals surface area contributed by atoms with Gasteiger partial charge in [-0.25, -0.2) is 22.8 Å². The Morgan fingerprint density at radius 3 is 2.77 bits per heavy atom. The van der Waals surface area contributed by atoms with E-state index in [-0.39, 0.29) is 16.9 Å². The smallest absolute Gasteiger partial charge is 0.242 e. The number of pyridine rings is 1. The predicted molar refractivity (Wildman–Crippen MR) is 96.1 cm³/mol. The van der Waals surface area contributed by atoms with Crippen molar-refractivity contribution in [3.63, 3.8) is 0 Å². The van der Waals surface area contributed by atoms with Crippen LogP contribution >= 0.6 is 0 Å². The summed E-state index contributed by atoms with van der Waals surface area (Å²) in [6.45, 7) is 5.93. The van der Waals surface area contributed by atoms with Crippen molar-refractivity contribution >= 4 is 10.0 Å². The third kappa shape index (κ3) is 3.94. The molecule has 0 saturated heterocycles. The van der Waals surface area contributed by atoms with E-state index in [4.69, 9.17) is 0 Å². The summed E-state index contributed by atoms with van der Waals surface area (Å²) in [7, 11) is -3.74. The van der Waals surface area contributed by atoms with Gasteiger partial charge in [0.1, 0.15) is 16.5 Å². The summed E-state index contributed by atoms with van der Waals surface area (Å²) in [6, 6.07) is 2.66. The summed E-state index contributed by atoms with van der Waals surface area (Å²) in [5.41, 5.74) is 0. The molecule has 1 aliphatic rings. The molecule has 1 saturated carbocycles. The standard InChI is InChI=1S/C17H25N5O3S/c1-11(2)22-17(19-12(3)20-22)13-6-7-16(23)15(9-13)21-26(24,25)14-5-4-8-18-10-14/h4-5,8,10-11,13,15-16,21,23H,6-7,9H2,1-3H3/t13-,15+,16+/m0/s1. The number of aryl methyl sites for hydroxylation is 1. The van der Waals surface area contributed by atoms with Crippen molar-refractivity contribution in [2.45, 2.75) is 69.0 Å². The maximum atomic E-state index is 12.6. The molecule has 142 valence electrons. The number of hydrogen-bond donors (Lipinski definition) is 2. The zero-order chi connectivity index (χ0) is 18.9. The predicted octanol–water partition coefficient (Wildman–Crippen LogP) is 1.54.